The van der Waals surface area contributed by atoms with Crippen LogP contribution in [-0.2, 0) is 21.2 Å². The molecule has 6 nitrogen and oxygen atoms in total. The smallest absolute Gasteiger partial charge is 0.243 e. The van der Waals surface area contributed by atoms with E-state index < -0.39 is 10.0 Å². The van der Waals surface area contributed by atoms with Crippen molar-refractivity contribution in [2.24, 2.45) is 0 Å². The van der Waals surface area contributed by atoms with Crippen LogP contribution in [0.15, 0.2) is 53.4 Å². The molecule has 0 bridgehead atoms. The van der Waals surface area contributed by atoms with Crippen molar-refractivity contribution in [1.82, 2.24) is 9.62 Å². The van der Waals surface area contributed by atoms with Gasteiger partial charge in [0.25, 0.3) is 0 Å². The molecule has 1 aliphatic heterocycles. The minimum atomic E-state index is -3.44. The maximum absolute atomic E-state index is 12.7. The third-order valence-electron chi connectivity index (χ3n) is 4.95. The molecule has 1 amide bonds. The number of carbonyl (C=O) groups excluding carboxylic acids is 1. The SMILES string of the molecule is Cc1ccc(OCCNC(=O)Cc2ccc(S(=O)(=O)N3CCCCC3)cc2)cc1. The lowest BCUT2D eigenvalue weighted by atomic mass is 10.1. The van der Waals surface area contributed by atoms with Gasteiger partial charge in [-0.05, 0) is 49.6 Å². The summed E-state index contributed by atoms with van der Waals surface area (Å²) in [5, 5.41) is 2.82. The molecule has 0 radical (unpaired) electrons. The first-order valence-electron chi connectivity index (χ1n) is 10.0. The summed E-state index contributed by atoms with van der Waals surface area (Å²) in [4.78, 5) is 12.4. The molecule has 1 aliphatic rings. The summed E-state index contributed by atoms with van der Waals surface area (Å²) in [5.74, 6) is 0.652. The number of hydrogen-bond acceptors (Lipinski definition) is 4. The molecule has 3 rings (SSSR count). The Morgan fingerprint density at radius 1 is 1.00 bits per heavy atom. The number of amides is 1. The molecule has 2 aromatic rings. The van der Waals surface area contributed by atoms with Crippen molar-refractivity contribution in [3.05, 3.63) is 59.7 Å². The zero-order valence-corrected chi connectivity index (χ0v) is 17.6. The van der Waals surface area contributed by atoms with Crippen LogP contribution >= 0.6 is 0 Å². The molecule has 0 unspecified atom stereocenters. The van der Waals surface area contributed by atoms with Gasteiger partial charge in [0.2, 0.25) is 15.9 Å². The molecule has 0 atom stereocenters. The highest BCUT2D eigenvalue weighted by atomic mass is 32.2. The van der Waals surface area contributed by atoms with Gasteiger partial charge in [-0.25, -0.2) is 8.42 Å². The second kappa shape index (κ2) is 9.89. The van der Waals surface area contributed by atoms with E-state index in [1.54, 1.807) is 28.6 Å². The summed E-state index contributed by atoms with van der Waals surface area (Å²) < 4.78 is 32.5. The van der Waals surface area contributed by atoms with Crippen molar-refractivity contribution >= 4 is 15.9 Å². The average Bonchev–Trinajstić information content (AvgIpc) is 2.73. The van der Waals surface area contributed by atoms with Crippen LogP contribution in [0.5, 0.6) is 5.75 Å². The minimum Gasteiger partial charge on any atom is -0.492 e. The third kappa shape index (κ3) is 6.05. The van der Waals surface area contributed by atoms with Crippen LogP contribution in [0.4, 0.5) is 0 Å². The lowest BCUT2D eigenvalue weighted by Gasteiger charge is -2.25. The van der Waals surface area contributed by atoms with Crippen LogP contribution in [0, 0.1) is 6.92 Å². The number of benzene rings is 2. The summed E-state index contributed by atoms with van der Waals surface area (Å²) >= 11 is 0. The van der Waals surface area contributed by atoms with Crippen molar-refractivity contribution in [3.63, 3.8) is 0 Å². The van der Waals surface area contributed by atoms with Crippen molar-refractivity contribution < 1.29 is 17.9 Å². The van der Waals surface area contributed by atoms with Gasteiger partial charge in [0.05, 0.1) is 17.9 Å². The summed E-state index contributed by atoms with van der Waals surface area (Å²) in [6.45, 7) is 3.98. The standard InChI is InChI=1S/C22H28N2O4S/c1-18-5-9-20(10-6-18)28-16-13-23-22(25)17-19-7-11-21(12-8-19)29(26,27)24-14-3-2-4-15-24/h5-12H,2-4,13-17H2,1H3,(H,23,25). The first-order chi connectivity index (χ1) is 13.9. The molecule has 7 heteroatoms. The number of nitrogens with one attached hydrogen (secondary N) is 1. The zero-order chi connectivity index (χ0) is 20.7. The number of nitrogens with zero attached hydrogens (tertiary/aromatic N) is 1. The van der Waals surface area contributed by atoms with Gasteiger partial charge in [-0.1, -0.05) is 36.2 Å². The summed E-state index contributed by atoms with van der Waals surface area (Å²) in [7, 11) is -3.44. The van der Waals surface area contributed by atoms with E-state index in [4.69, 9.17) is 4.74 Å². The molecule has 1 N–H and O–H groups in total. The molecule has 0 saturated carbocycles. The minimum absolute atomic E-state index is 0.121. The van der Waals surface area contributed by atoms with Gasteiger partial charge in [0.1, 0.15) is 12.4 Å². The Hall–Kier alpha value is -2.38. The molecule has 156 valence electrons. The van der Waals surface area contributed by atoms with E-state index >= 15 is 0 Å². The molecule has 1 saturated heterocycles. The fraction of sp³-hybridized carbons (Fsp3) is 0.409. The number of aryl methyl sites for hydroxylation is 1. The van der Waals surface area contributed by atoms with Crippen LogP contribution in [0.2, 0.25) is 0 Å². The maximum atomic E-state index is 12.7. The molecule has 0 aromatic heterocycles. The van der Waals surface area contributed by atoms with Crippen molar-refractivity contribution in [2.75, 3.05) is 26.2 Å². The quantitative estimate of drug-likeness (QED) is 0.672. The highest BCUT2D eigenvalue weighted by Crippen LogP contribution is 2.21. The van der Waals surface area contributed by atoms with Gasteiger partial charge < -0.3 is 10.1 Å². The molecule has 1 fully saturated rings. The van der Waals surface area contributed by atoms with E-state index in [0.717, 1.165) is 30.6 Å². The number of hydrogen-bond donors (Lipinski definition) is 1. The number of carbonyl (C=O) groups is 1. The van der Waals surface area contributed by atoms with E-state index in [9.17, 15) is 13.2 Å². The number of sulfonamides is 1. The lowest BCUT2D eigenvalue weighted by Crippen LogP contribution is -2.35. The molecule has 0 spiro atoms. The fourth-order valence-corrected chi connectivity index (χ4v) is 4.79. The van der Waals surface area contributed by atoms with Crippen LogP contribution in [-0.4, -0.2) is 44.9 Å². The predicted octanol–water partition coefficient (Wildman–Crippen LogP) is 2.91. The van der Waals surface area contributed by atoms with Gasteiger partial charge in [-0.15, -0.1) is 0 Å². The average molecular weight is 417 g/mol. The highest BCUT2D eigenvalue weighted by molar-refractivity contribution is 7.89. The number of piperidine rings is 1. The first kappa shape index (κ1) is 21.3. The van der Waals surface area contributed by atoms with Gasteiger partial charge in [-0.2, -0.15) is 4.31 Å². The highest BCUT2D eigenvalue weighted by Gasteiger charge is 2.25. The van der Waals surface area contributed by atoms with Crippen LogP contribution < -0.4 is 10.1 Å². The van der Waals surface area contributed by atoms with Gasteiger partial charge >= 0.3 is 0 Å². The molecule has 0 aliphatic carbocycles. The Labute approximate surface area is 172 Å². The zero-order valence-electron chi connectivity index (χ0n) is 16.8. The maximum Gasteiger partial charge on any atom is 0.243 e. The second-order valence-electron chi connectivity index (χ2n) is 7.30. The van der Waals surface area contributed by atoms with E-state index in [2.05, 4.69) is 5.32 Å². The van der Waals surface area contributed by atoms with Crippen LogP contribution in [0.1, 0.15) is 30.4 Å². The normalized spacial score (nSPS) is 15.1. The number of ether oxygens (including phenoxy) is 1. The number of rotatable bonds is 8. The van der Waals surface area contributed by atoms with Crippen molar-refractivity contribution in [2.45, 2.75) is 37.5 Å². The first-order valence-corrected chi connectivity index (χ1v) is 11.4. The van der Waals surface area contributed by atoms with Crippen molar-refractivity contribution in [3.8, 4) is 5.75 Å². The van der Waals surface area contributed by atoms with Gasteiger partial charge in [-0.3, -0.25) is 4.79 Å². The Morgan fingerprint density at radius 3 is 2.31 bits per heavy atom. The Kier molecular flexibility index (Phi) is 7.28. The molecule has 2 aromatic carbocycles. The monoisotopic (exact) mass is 416 g/mol. The third-order valence-corrected chi connectivity index (χ3v) is 6.87. The topological polar surface area (TPSA) is 75.7 Å². The Morgan fingerprint density at radius 2 is 1.66 bits per heavy atom. The van der Waals surface area contributed by atoms with Crippen molar-refractivity contribution in [1.29, 1.82) is 0 Å². The Balaban J connectivity index is 1.45. The lowest BCUT2D eigenvalue weighted by molar-refractivity contribution is -0.120. The fourth-order valence-electron chi connectivity index (χ4n) is 3.28. The van der Waals surface area contributed by atoms with E-state index in [1.807, 2.05) is 31.2 Å². The second-order valence-corrected chi connectivity index (χ2v) is 9.23. The molecular weight excluding hydrogens is 388 g/mol. The van der Waals surface area contributed by atoms with Gasteiger partial charge in [0.15, 0.2) is 0 Å². The molecule has 1 heterocycles. The largest absolute Gasteiger partial charge is 0.492 e. The van der Waals surface area contributed by atoms with Crippen LogP contribution in [0.25, 0.3) is 0 Å². The summed E-state index contributed by atoms with van der Waals surface area (Å²) in [6, 6.07) is 14.3. The van der Waals surface area contributed by atoms with E-state index in [0.29, 0.717) is 26.2 Å². The summed E-state index contributed by atoms with van der Waals surface area (Å²) in [5.41, 5.74) is 1.94. The van der Waals surface area contributed by atoms with E-state index in [1.165, 1.54) is 5.56 Å². The van der Waals surface area contributed by atoms with Gasteiger partial charge in [0, 0.05) is 13.1 Å². The molecule has 29 heavy (non-hydrogen) atoms. The van der Waals surface area contributed by atoms with Crippen LogP contribution in [0.3, 0.4) is 0 Å². The van der Waals surface area contributed by atoms with E-state index in [-0.39, 0.29) is 17.2 Å². The molecular formula is C22H28N2O4S. The summed E-state index contributed by atoms with van der Waals surface area (Å²) in [6.07, 6.45) is 3.10. The predicted molar refractivity (Wildman–Crippen MR) is 112 cm³/mol. The Bertz CT molecular complexity index is 903.